The Morgan fingerprint density at radius 1 is 0.920 bits per heavy atom. The standard InChI is InChI=1S/C21H21NO3/c1-21(20(23)25-3,22-18-10-6-7-11-19(18)24-2)17-13-12-15-8-4-5-9-16(15)14-17/h4-14,22H,1-3H3/t21-/m1/s1. The number of anilines is 1. The van der Waals surface area contributed by atoms with Crippen LogP contribution < -0.4 is 10.1 Å². The largest absolute Gasteiger partial charge is 0.495 e. The van der Waals surface area contributed by atoms with Crippen LogP contribution in [-0.2, 0) is 15.1 Å². The Morgan fingerprint density at radius 3 is 2.32 bits per heavy atom. The number of ether oxygens (including phenoxy) is 2. The Kier molecular flexibility index (Phi) is 4.61. The smallest absolute Gasteiger partial charge is 0.335 e. The minimum atomic E-state index is -1.05. The summed E-state index contributed by atoms with van der Waals surface area (Å²) in [5.74, 6) is 0.298. The molecule has 0 spiro atoms. The van der Waals surface area contributed by atoms with Gasteiger partial charge in [-0.1, -0.05) is 48.5 Å². The van der Waals surface area contributed by atoms with Crippen molar-refractivity contribution in [1.29, 1.82) is 0 Å². The van der Waals surface area contributed by atoms with Crippen molar-refractivity contribution in [1.82, 2.24) is 0 Å². The van der Waals surface area contributed by atoms with E-state index in [-0.39, 0.29) is 5.97 Å². The summed E-state index contributed by atoms with van der Waals surface area (Å²) in [5.41, 5.74) is 0.503. The first-order chi connectivity index (χ1) is 12.1. The number of methoxy groups -OCH3 is 2. The maximum absolute atomic E-state index is 12.6. The Balaban J connectivity index is 2.10. The van der Waals surface area contributed by atoms with Gasteiger partial charge in [-0.2, -0.15) is 0 Å². The molecule has 0 aliphatic carbocycles. The van der Waals surface area contributed by atoms with Crippen LogP contribution in [-0.4, -0.2) is 20.2 Å². The second kappa shape index (κ2) is 6.85. The van der Waals surface area contributed by atoms with Gasteiger partial charge in [-0.05, 0) is 41.5 Å². The van der Waals surface area contributed by atoms with Crippen molar-refractivity contribution in [3.05, 3.63) is 72.3 Å². The topological polar surface area (TPSA) is 47.6 Å². The van der Waals surface area contributed by atoms with Gasteiger partial charge in [0.1, 0.15) is 5.75 Å². The molecule has 4 heteroatoms. The highest BCUT2D eigenvalue weighted by Gasteiger charge is 2.37. The van der Waals surface area contributed by atoms with Crippen LogP contribution in [0.2, 0.25) is 0 Å². The minimum Gasteiger partial charge on any atom is -0.495 e. The summed E-state index contributed by atoms with van der Waals surface area (Å²) in [6, 6.07) is 21.5. The van der Waals surface area contributed by atoms with Gasteiger partial charge in [0.25, 0.3) is 0 Å². The second-order valence-corrected chi connectivity index (χ2v) is 6.00. The van der Waals surface area contributed by atoms with Crippen molar-refractivity contribution < 1.29 is 14.3 Å². The zero-order valence-electron chi connectivity index (χ0n) is 14.6. The fraction of sp³-hybridized carbons (Fsp3) is 0.190. The highest BCUT2D eigenvalue weighted by Crippen LogP contribution is 2.33. The Bertz CT molecular complexity index is 906. The summed E-state index contributed by atoms with van der Waals surface area (Å²) in [5, 5.41) is 5.49. The summed E-state index contributed by atoms with van der Waals surface area (Å²) in [6.07, 6.45) is 0. The zero-order chi connectivity index (χ0) is 17.9. The van der Waals surface area contributed by atoms with Crippen LogP contribution in [0.5, 0.6) is 5.75 Å². The molecule has 0 aromatic heterocycles. The number of benzene rings is 3. The lowest BCUT2D eigenvalue weighted by Gasteiger charge is -2.30. The lowest BCUT2D eigenvalue weighted by atomic mass is 9.89. The Hall–Kier alpha value is -3.01. The highest BCUT2D eigenvalue weighted by atomic mass is 16.5. The highest BCUT2D eigenvalue weighted by molar-refractivity contribution is 5.90. The van der Waals surface area contributed by atoms with Gasteiger partial charge in [0.05, 0.1) is 19.9 Å². The third-order valence-electron chi connectivity index (χ3n) is 4.41. The average molecular weight is 335 g/mol. The maximum atomic E-state index is 12.6. The van der Waals surface area contributed by atoms with E-state index in [1.54, 1.807) is 7.11 Å². The summed E-state index contributed by atoms with van der Waals surface area (Å²) in [7, 11) is 3.00. The molecule has 0 heterocycles. The molecule has 0 saturated carbocycles. The molecular formula is C21H21NO3. The predicted octanol–water partition coefficient (Wildman–Crippen LogP) is 4.35. The normalized spacial score (nSPS) is 13.1. The van der Waals surface area contributed by atoms with Gasteiger partial charge in [-0.3, -0.25) is 0 Å². The molecule has 0 amide bonds. The molecule has 0 fully saturated rings. The number of hydrogen-bond acceptors (Lipinski definition) is 4. The van der Waals surface area contributed by atoms with Crippen molar-refractivity contribution in [2.75, 3.05) is 19.5 Å². The molecule has 0 saturated heterocycles. The lowest BCUT2D eigenvalue weighted by Crippen LogP contribution is -2.41. The van der Waals surface area contributed by atoms with Crippen LogP contribution >= 0.6 is 0 Å². The Labute approximate surface area is 147 Å². The van der Waals surface area contributed by atoms with E-state index in [2.05, 4.69) is 5.32 Å². The van der Waals surface area contributed by atoms with E-state index in [4.69, 9.17) is 9.47 Å². The molecule has 1 N–H and O–H groups in total. The van der Waals surface area contributed by atoms with Crippen molar-refractivity contribution in [2.45, 2.75) is 12.5 Å². The van der Waals surface area contributed by atoms with Crippen LogP contribution in [0.3, 0.4) is 0 Å². The third kappa shape index (κ3) is 3.15. The maximum Gasteiger partial charge on any atom is 0.335 e. The zero-order valence-corrected chi connectivity index (χ0v) is 14.6. The first-order valence-corrected chi connectivity index (χ1v) is 8.07. The van der Waals surface area contributed by atoms with E-state index in [0.717, 1.165) is 22.0 Å². The van der Waals surface area contributed by atoms with E-state index < -0.39 is 5.54 Å². The third-order valence-corrected chi connectivity index (χ3v) is 4.41. The molecule has 3 rings (SSSR count). The van der Waals surface area contributed by atoms with Gasteiger partial charge in [0.15, 0.2) is 5.54 Å². The number of carbonyl (C=O) groups excluding carboxylic acids is 1. The van der Waals surface area contributed by atoms with E-state index in [9.17, 15) is 4.79 Å². The first-order valence-electron chi connectivity index (χ1n) is 8.07. The van der Waals surface area contributed by atoms with Crippen LogP contribution in [0.15, 0.2) is 66.7 Å². The van der Waals surface area contributed by atoms with Crippen molar-refractivity contribution >= 4 is 22.4 Å². The van der Waals surface area contributed by atoms with Crippen LogP contribution in [0, 0.1) is 0 Å². The molecule has 0 radical (unpaired) electrons. The average Bonchev–Trinajstić information content (AvgIpc) is 2.67. The first kappa shape index (κ1) is 16.8. The molecule has 0 bridgehead atoms. The van der Waals surface area contributed by atoms with Crippen molar-refractivity contribution in [3.8, 4) is 5.75 Å². The summed E-state index contributed by atoms with van der Waals surface area (Å²) < 4.78 is 10.5. The molecule has 0 unspecified atom stereocenters. The van der Waals surface area contributed by atoms with Gasteiger partial charge in [-0.15, -0.1) is 0 Å². The molecule has 25 heavy (non-hydrogen) atoms. The molecule has 1 atom stereocenters. The molecule has 4 nitrogen and oxygen atoms in total. The molecule has 3 aromatic rings. The number of rotatable bonds is 5. The van der Waals surface area contributed by atoms with E-state index in [0.29, 0.717) is 5.75 Å². The van der Waals surface area contributed by atoms with Gasteiger partial charge in [0, 0.05) is 0 Å². The summed E-state index contributed by atoms with van der Waals surface area (Å²) in [4.78, 5) is 12.6. The van der Waals surface area contributed by atoms with Crippen LogP contribution in [0.4, 0.5) is 5.69 Å². The van der Waals surface area contributed by atoms with Crippen molar-refractivity contribution in [3.63, 3.8) is 0 Å². The summed E-state index contributed by atoms with van der Waals surface area (Å²) >= 11 is 0. The molecule has 0 aliphatic rings. The molecule has 128 valence electrons. The number of esters is 1. The van der Waals surface area contributed by atoms with Gasteiger partial charge in [-0.25, -0.2) is 4.79 Å². The second-order valence-electron chi connectivity index (χ2n) is 6.00. The van der Waals surface area contributed by atoms with Crippen LogP contribution in [0.25, 0.3) is 10.8 Å². The molecular weight excluding hydrogens is 314 g/mol. The molecule has 3 aromatic carbocycles. The number of nitrogens with one attached hydrogen (secondary N) is 1. The monoisotopic (exact) mass is 335 g/mol. The van der Waals surface area contributed by atoms with E-state index >= 15 is 0 Å². The fourth-order valence-corrected chi connectivity index (χ4v) is 2.96. The summed E-state index contributed by atoms with van der Waals surface area (Å²) in [6.45, 7) is 1.81. The van der Waals surface area contributed by atoms with E-state index in [1.165, 1.54) is 7.11 Å². The van der Waals surface area contributed by atoms with Crippen LogP contribution in [0.1, 0.15) is 12.5 Å². The number of para-hydroxylation sites is 2. The number of fused-ring (bicyclic) bond motifs is 1. The Morgan fingerprint density at radius 2 is 1.60 bits per heavy atom. The minimum absolute atomic E-state index is 0.367. The fourth-order valence-electron chi connectivity index (χ4n) is 2.96. The van der Waals surface area contributed by atoms with E-state index in [1.807, 2.05) is 73.7 Å². The number of carbonyl (C=O) groups is 1. The lowest BCUT2D eigenvalue weighted by molar-refractivity contribution is -0.145. The van der Waals surface area contributed by atoms with Gasteiger partial charge in [0.2, 0.25) is 0 Å². The van der Waals surface area contributed by atoms with Gasteiger partial charge >= 0.3 is 5.97 Å². The SMILES string of the molecule is COC(=O)[C@](C)(Nc1ccccc1OC)c1ccc2ccccc2c1. The van der Waals surface area contributed by atoms with Crippen molar-refractivity contribution in [2.24, 2.45) is 0 Å². The quantitative estimate of drug-likeness (QED) is 0.704. The van der Waals surface area contributed by atoms with Gasteiger partial charge < -0.3 is 14.8 Å². The molecule has 0 aliphatic heterocycles. The predicted molar refractivity (Wildman–Crippen MR) is 99.9 cm³/mol. The number of hydrogen-bond donors (Lipinski definition) is 1.